The molecule has 0 saturated carbocycles. The van der Waals surface area contributed by atoms with Gasteiger partial charge < -0.3 is 16.0 Å². The normalized spacial score (nSPS) is 28.2. The van der Waals surface area contributed by atoms with Crippen molar-refractivity contribution in [2.75, 3.05) is 19.7 Å². The fraction of sp³-hybridized carbons (Fsp3) is 0.857. The lowest BCUT2D eigenvalue weighted by molar-refractivity contribution is 0.0128. The highest BCUT2D eigenvalue weighted by molar-refractivity contribution is 5.81. The van der Waals surface area contributed by atoms with E-state index in [2.05, 4.69) is 5.16 Å². The molecule has 0 bridgehead atoms. The number of nitrogens with zero attached hydrogens (tertiary/aromatic N) is 2. The molecule has 0 aromatic carbocycles. The molecule has 0 aromatic rings. The molecular weight excluding hydrogens is 196 g/mol. The molecule has 1 rings (SSSR count). The molecule has 4 N–H and O–H groups in total. The number of hydrogen-bond donors (Lipinski definition) is 3. The molecule has 0 amide bonds. The van der Waals surface area contributed by atoms with Gasteiger partial charge in [-0.2, -0.15) is 0 Å². The van der Waals surface area contributed by atoms with Crippen LogP contribution in [0.3, 0.4) is 0 Å². The SMILES string of the molecule is N/C(CN1CC(F)(F)CC1CO)=N\O. The highest BCUT2D eigenvalue weighted by atomic mass is 19.3. The van der Waals surface area contributed by atoms with Gasteiger partial charge in [0, 0.05) is 12.5 Å². The summed E-state index contributed by atoms with van der Waals surface area (Å²) in [5, 5.41) is 19.8. The highest BCUT2D eigenvalue weighted by Gasteiger charge is 2.44. The lowest BCUT2D eigenvalue weighted by atomic mass is 10.2. The van der Waals surface area contributed by atoms with Crippen molar-refractivity contribution in [3.05, 3.63) is 0 Å². The molecule has 1 saturated heterocycles. The van der Waals surface area contributed by atoms with Crippen molar-refractivity contribution >= 4 is 5.84 Å². The van der Waals surface area contributed by atoms with E-state index in [1.54, 1.807) is 0 Å². The molecule has 14 heavy (non-hydrogen) atoms. The lowest BCUT2D eigenvalue weighted by Crippen LogP contribution is -2.39. The maximum atomic E-state index is 12.9. The van der Waals surface area contributed by atoms with E-state index in [1.165, 1.54) is 4.90 Å². The summed E-state index contributed by atoms with van der Waals surface area (Å²) < 4.78 is 25.8. The minimum Gasteiger partial charge on any atom is -0.409 e. The Balaban J connectivity index is 2.60. The van der Waals surface area contributed by atoms with Gasteiger partial charge in [-0.15, -0.1) is 0 Å². The third-order valence-corrected chi connectivity index (χ3v) is 2.19. The van der Waals surface area contributed by atoms with Crippen molar-refractivity contribution in [1.29, 1.82) is 0 Å². The van der Waals surface area contributed by atoms with Crippen LogP contribution in [0.5, 0.6) is 0 Å². The van der Waals surface area contributed by atoms with Gasteiger partial charge in [0.2, 0.25) is 0 Å². The van der Waals surface area contributed by atoms with E-state index < -0.39 is 18.5 Å². The number of rotatable bonds is 3. The first-order valence-corrected chi connectivity index (χ1v) is 4.17. The van der Waals surface area contributed by atoms with Gasteiger partial charge in [0.15, 0.2) is 5.84 Å². The quantitative estimate of drug-likeness (QED) is 0.252. The second-order valence-electron chi connectivity index (χ2n) is 3.39. The van der Waals surface area contributed by atoms with Crippen molar-refractivity contribution in [3.8, 4) is 0 Å². The van der Waals surface area contributed by atoms with E-state index in [0.717, 1.165) is 0 Å². The number of likely N-dealkylation sites (tertiary alicyclic amines) is 1. The maximum absolute atomic E-state index is 12.9. The van der Waals surface area contributed by atoms with Crippen LogP contribution in [0, 0.1) is 0 Å². The summed E-state index contributed by atoms with van der Waals surface area (Å²) in [4.78, 5) is 1.30. The summed E-state index contributed by atoms with van der Waals surface area (Å²) in [6.07, 6.45) is -0.387. The van der Waals surface area contributed by atoms with E-state index in [1.807, 2.05) is 0 Å². The van der Waals surface area contributed by atoms with Crippen LogP contribution in [0.2, 0.25) is 0 Å². The second kappa shape index (κ2) is 4.05. The van der Waals surface area contributed by atoms with Gasteiger partial charge in [-0.1, -0.05) is 5.16 Å². The molecule has 0 spiro atoms. The molecule has 1 aliphatic heterocycles. The number of amidine groups is 1. The zero-order chi connectivity index (χ0) is 10.8. The smallest absolute Gasteiger partial charge is 0.262 e. The van der Waals surface area contributed by atoms with E-state index in [-0.39, 0.29) is 25.4 Å². The molecule has 1 heterocycles. The number of hydrogen-bond acceptors (Lipinski definition) is 4. The van der Waals surface area contributed by atoms with E-state index in [0.29, 0.717) is 0 Å². The van der Waals surface area contributed by atoms with Crippen molar-refractivity contribution < 1.29 is 19.1 Å². The van der Waals surface area contributed by atoms with Crippen molar-refractivity contribution in [1.82, 2.24) is 4.90 Å². The first-order chi connectivity index (χ1) is 6.48. The topological polar surface area (TPSA) is 82.1 Å². The molecule has 0 aliphatic carbocycles. The zero-order valence-corrected chi connectivity index (χ0v) is 7.53. The standard InChI is InChI=1S/C7H13F2N3O2/c8-7(9)1-5(3-13)12(4-7)2-6(10)11-14/h5,13-14H,1-4H2,(H2,10,11). The Morgan fingerprint density at radius 2 is 2.29 bits per heavy atom. The summed E-state index contributed by atoms with van der Waals surface area (Å²) in [6.45, 7) is -0.875. The third-order valence-electron chi connectivity index (χ3n) is 2.19. The Morgan fingerprint density at radius 3 is 2.79 bits per heavy atom. The molecule has 1 unspecified atom stereocenters. The fourth-order valence-corrected chi connectivity index (χ4v) is 1.57. The van der Waals surface area contributed by atoms with Crippen LogP contribution in [0.1, 0.15) is 6.42 Å². The Hall–Kier alpha value is -0.950. The van der Waals surface area contributed by atoms with Gasteiger partial charge in [-0.3, -0.25) is 4.90 Å². The summed E-state index contributed by atoms with van der Waals surface area (Å²) in [5.41, 5.74) is 5.19. The summed E-state index contributed by atoms with van der Waals surface area (Å²) in [7, 11) is 0. The monoisotopic (exact) mass is 209 g/mol. The minimum atomic E-state index is -2.80. The average Bonchev–Trinajstić information content (AvgIpc) is 2.40. The first-order valence-electron chi connectivity index (χ1n) is 4.17. The van der Waals surface area contributed by atoms with Crippen LogP contribution in [0.25, 0.3) is 0 Å². The van der Waals surface area contributed by atoms with E-state index in [9.17, 15) is 8.78 Å². The molecule has 1 fully saturated rings. The molecule has 0 radical (unpaired) electrons. The third kappa shape index (κ3) is 2.52. The summed E-state index contributed by atoms with van der Waals surface area (Å²) in [5.74, 6) is -2.94. The van der Waals surface area contributed by atoms with Gasteiger partial charge in [-0.05, 0) is 0 Å². The van der Waals surface area contributed by atoms with Crippen LogP contribution < -0.4 is 5.73 Å². The fourth-order valence-electron chi connectivity index (χ4n) is 1.57. The van der Waals surface area contributed by atoms with Crippen LogP contribution in [-0.4, -0.2) is 52.7 Å². The van der Waals surface area contributed by atoms with Crippen molar-refractivity contribution in [2.24, 2.45) is 10.9 Å². The van der Waals surface area contributed by atoms with Crippen LogP contribution >= 0.6 is 0 Å². The Morgan fingerprint density at radius 1 is 1.64 bits per heavy atom. The second-order valence-corrected chi connectivity index (χ2v) is 3.39. The summed E-state index contributed by atoms with van der Waals surface area (Å²) in [6, 6.07) is -0.620. The lowest BCUT2D eigenvalue weighted by Gasteiger charge is -2.20. The van der Waals surface area contributed by atoms with Gasteiger partial charge in [0.1, 0.15) is 0 Å². The zero-order valence-electron chi connectivity index (χ0n) is 7.53. The molecule has 0 aromatic heterocycles. The van der Waals surface area contributed by atoms with E-state index >= 15 is 0 Å². The number of aliphatic hydroxyl groups is 1. The highest BCUT2D eigenvalue weighted by Crippen LogP contribution is 2.31. The predicted molar refractivity (Wildman–Crippen MR) is 45.4 cm³/mol. The average molecular weight is 209 g/mol. The predicted octanol–water partition coefficient (Wildman–Crippen LogP) is -0.565. The summed E-state index contributed by atoms with van der Waals surface area (Å²) >= 11 is 0. The molecule has 7 heteroatoms. The maximum Gasteiger partial charge on any atom is 0.262 e. The van der Waals surface area contributed by atoms with Crippen LogP contribution in [0.15, 0.2) is 5.16 Å². The van der Waals surface area contributed by atoms with Gasteiger partial charge >= 0.3 is 0 Å². The number of oxime groups is 1. The van der Waals surface area contributed by atoms with Gasteiger partial charge in [0.05, 0.1) is 19.7 Å². The Kier molecular flexibility index (Phi) is 3.22. The minimum absolute atomic E-state index is 0.0582. The van der Waals surface area contributed by atoms with Gasteiger partial charge in [-0.25, -0.2) is 8.78 Å². The van der Waals surface area contributed by atoms with Crippen LogP contribution in [0.4, 0.5) is 8.78 Å². The molecule has 1 atom stereocenters. The number of halogens is 2. The molecular formula is C7H13F2N3O2. The van der Waals surface area contributed by atoms with E-state index in [4.69, 9.17) is 16.0 Å². The Bertz CT molecular complexity index is 235. The molecule has 5 nitrogen and oxygen atoms in total. The van der Waals surface area contributed by atoms with Gasteiger partial charge in [0.25, 0.3) is 5.92 Å². The van der Waals surface area contributed by atoms with Crippen molar-refractivity contribution in [2.45, 2.75) is 18.4 Å². The van der Waals surface area contributed by atoms with Crippen molar-refractivity contribution in [3.63, 3.8) is 0 Å². The number of alkyl halides is 2. The molecule has 1 aliphatic rings. The van der Waals surface area contributed by atoms with Crippen LogP contribution in [-0.2, 0) is 0 Å². The number of nitrogens with two attached hydrogens (primary N) is 1. The largest absolute Gasteiger partial charge is 0.409 e. The first kappa shape index (κ1) is 11.1. The number of aliphatic hydroxyl groups excluding tert-OH is 1. The Labute approximate surface area is 79.8 Å². The molecule has 82 valence electrons.